The number of hydrogen-bond acceptors (Lipinski definition) is 2. The Morgan fingerprint density at radius 1 is 1.28 bits per heavy atom. The summed E-state index contributed by atoms with van der Waals surface area (Å²) in [4.78, 5) is 0. The molecule has 1 aromatic rings. The minimum atomic E-state index is -0.866. The van der Waals surface area contributed by atoms with Crippen LogP contribution >= 0.6 is 0 Å². The first kappa shape index (κ1) is 15.2. The second-order valence-electron chi connectivity index (χ2n) is 4.41. The zero-order valence-electron chi connectivity index (χ0n) is 10.9. The highest BCUT2D eigenvalue weighted by Crippen LogP contribution is 2.20. The molecule has 1 rings (SSSR count). The van der Waals surface area contributed by atoms with Gasteiger partial charge in [-0.15, -0.1) is 0 Å². The van der Waals surface area contributed by atoms with E-state index in [9.17, 15) is 13.0 Å². The normalized spacial score (nSPS) is 16.3. The third-order valence-electron chi connectivity index (χ3n) is 3.00. The lowest BCUT2D eigenvalue weighted by molar-refractivity contribution is 0.483. The van der Waals surface area contributed by atoms with Crippen LogP contribution in [0.3, 0.4) is 0 Å². The van der Waals surface area contributed by atoms with Gasteiger partial charge in [-0.1, -0.05) is 13.0 Å². The molecule has 0 radical (unpaired) electrons. The molecule has 18 heavy (non-hydrogen) atoms. The zero-order chi connectivity index (χ0) is 13.7. The molecule has 1 N–H and O–H groups in total. The Morgan fingerprint density at radius 2 is 1.83 bits per heavy atom. The zero-order valence-corrected chi connectivity index (χ0v) is 11.7. The van der Waals surface area contributed by atoms with E-state index in [-0.39, 0.29) is 10.8 Å². The lowest BCUT2D eigenvalue weighted by Gasteiger charge is -2.17. The molecule has 0 fully saturated rings. The highest BCUT2D eigenvalue weighted by atomic mass is 32.2. The van der Waals surface area contributed by atoms with Gasteiger partial charge < -0.3 is 5.32 Å². The maximum Gasteiger partial charge on any atom is 0.130 e. The lowest BCUT2D eigenvalue weighted by Crippen LogP contribution is -2.25. The highest BCUT2D eigenvalue weighted by molar-refractivity contribution is 7.84. The number of halogens is 2. The van der Waals surface area contributed by atoms with E-state index < -0.39 is 28.5 Å². The van der Waals surface area contributed by atoms with Gasteiger partial charge in [0.1, 0.15) is 11.6 Å². The Labute approximate surface area is 109 Å². The predicted octanol–water partition coefficient (Wildman–Crippen LogP) is 2.77. The first-order chi connectivity index (χ1) is 8.43. The fourth-order valence-corrected chi connectivity index (χ4v) is 2.15. The van der Waals surface area contributed by atoms with Crippen molar-refractivity contribution in [1.29, 1.82) is 0 Å². The maximum atomic E-state index is 13.5. The molecule has 0 amide bonds. The van der Waals surface area contributed by atoms with Gasteiger partial charge in [0.25, 0.3) is 0 Å². The average Bonchev–Trinajstić information content (AvgIpc) is 2.28. The van der Waals surface area contributed by atoms with Crippen molar-refractivity contribution in [2.75, 3.05) is 12.8 Å². The van der Waals surface area contributed by atoms with Gasteiger partial charge in [0, 0.05) is 33.9 Å². The molecular formula is C13H19F2NOS. The van der Waals surface area contributed by atoms with Crippen molar-refractivity contribution in [2.45, 2.75) is 31.6 Å². The third kappa shape index (κ3) is 4.14. The fourth-order valence-electron chi connectivity index (χ4n) is 1.70. The van der Waals surface area contributed by atoms with Crippen LogP contribution in [0.25, 0.3) is 0 Å². The molecule has 0 aliphatic carbocycles. The Balaban J connectivity index is 2.56. The van der Waals surface area contributed by atoms with Crippen molar-refractivity contribution < 1.29 is 13.0 Å². The summed E-state index contributed by atoms with van der Waals surface area (Å²) in [6.07, 6.45) is 2.37. The van der Waals surface area contributed by atoms with E-state index in [0.29, 0.717) is 13.0 Å². The molecule has 0 aliphatic rings. The summed E-state index contributed by atoms with van der Waals surface area (Å²) in [6, 6.07) is 3.45. The Hall–Kier alpha value is -0.810. The average molecular weight is 275 g/mol. The van der Waals surface area contributed by atoms with Gasteiger partial charge in [-0.05, 0) is 32.0 Å². The molecule has 0 heterocycles. The first-order valence-corrected chi connectivity index (χ1v) is 7.55. The number of benzene rings is 1. The number of hydrogen-bond donors (Lipinski definition) is 1. The Kier molecular flexibility index (Phi) is 5.88. The summed E-state index contributed by atoms with van der Waals surface area (Å²) >= 11 is 0. The van der Waals surface area contributed by atoms with Gasteiger partial charge in [-0.2, -0.15) is 0 Å². The molecule has 1 aromatic carbocycles. The quantitative estimate of drug-likeness (QED) is 0.865. The predicted molar refractivity (Wildman–Crippen MR) is 70.9 cm³/mol. The highest BCUT2D eigenvalue weighted by Gasteiger charge is 2.15. The molecule has 0 bridgehead atoms. The van der Waals surface area contributed by atoms with Gasteiger partial charge in [-0.25, -0.2) is 8.78 Å². The van der Waals surface area contributed by atoms with Crippen LogP contribution in [-0.2, 0) is 10.8 Å². The summed E-state index contributed by atoms with van der Waals surface area (Å²) in [5.41, 5.74) is 0.0581. The van der Waals surface area contributed by atoms with E-state index in [4.69, 9.17) is 0 Å². The molecule has 102 valence electrons. The van der Waals surface area contributed by atoms with Gasteiger partial charge in [0.2, 0.25) is 0 Å². The van der Waals surface area contributed by atoms with Crippen molar-refractivity contribution in [3.05, 3.63) is 35.4 Å². The third-order valence-corrected chi connectivity index (χ3v) is 4.37. The van der Waals surface area contributed by atoms with Crippen LogP contribution < -0.4 is 5.32 Å². The van der Waals surface area contributed by atoms with Crippen LogP contribution in [0.2, 0.25) is 0 Å². The smallest absolute Gasteiger partial charge is 0.130 e. The van der Waals surface area contributed by atoms with Crippen LogP contribution in [-0.4, -0.2) is 22.3 Å². The van der Waals surface area contributed by atoms with Crippen LogP contribution in [0.4, 0.5) is 8.78 Å². The standard InChI is InChI=1S/C13H19F2NOS/c1-9(18(3)17)7-8-16-10(2)13-11(14)5-4-6-12(13)15/h4-6,9-10,16H,7-8H2,1-3H3. The Morgan fingerprint density at radius 3 is 2.33 bits per heavy atom. The second kappa shape index (κ2) is 6.95. The summed E-state index contributed by atoms with van der Waals surface area (Å²) < 4.78 is 38.1. The minimum Gasteiger partial charge on any atom is -0.310 e. The second-order valence-corrected chi connectivity index (χ2v) is 6.21. The van der Waals surface area contributed by atoms with Gasteiger partial charge >= 0.3 is 0 Å². The first-order valence-electron chi connectivity index (χ1n) is 5.93. The molecule has 0 aliphatic heterocycles. The maximum absolute atomic E-state index is 13.5. The van der Waals surface area contributed by atoms with E-state index in [1.54, 1.807) is 13.2 Å². The van der Waals surface area contributed by atoms with Crippen LogP contribution in [0.15, 0.2) is 18.2 Å². The van der Waals surface area contributed by atoms with E-state index in [1.165, 1.54) is 18.2 Å². The fraction of sp³-hybridized carbons (Fsp3) is 0.538. The van der Waals surface area contributed by atoms with Crippen molar-refractivity contribution in [1.82, 2.24) is 5.32 Å². The minimum absolute atomic E-state index is 0.0581. The monoisotopic (exact) mass is 275 g/mol. The van der Waals surface area contributed by atoms with Crippen LogP contribution in [0.1, 0.15) is 31.9 Å². The summed E-state index contributed by atoms with van der Waals surface area (Å²) in [5, 5.41) is 3.13. The van der Waals surface area contributed by atoms with Gasteiger partial charge in [0.05, 0.1) is 0 Å². The van der Waals surface area contributed by atoms with Crippen molar-refractivity contribution in [2.24, 2.45) is 0 Å². The molecule has 5 heteroatoms. The SMILES string of the molecule is CC(NCCC(C)S(C)=O)c1c(F)cccc1F. The number of rotatable bonds is 6. The topological polar surface area (TPSA) is 29.1 Å². The molecule has 2 nitrogen and oxygen atoms in total. The van der Waals surface area contributed by atoms with Crippen molar-refractivity contribution in [3.63, 3.8) is 0 Å². The van der Waals surface area contributed by atoms with E-state index in [1.807, 2.05) is 6.92 Å². The van der Waals surface area contributed by atoms with E-state index >= 15 is 0 Å². The van der Waals surface area contributed by atoms with E-state index in [0.717, 1.165) is 0 Å². The van der Waals surface area contributed by atoms with Crippen LogP contribution in [0.5, 0.6) is 0 Å². The summed E-state index contributed by atoms with van der Waals surface area (Å²) in [6.45, 7) is 4.19. The van der Waals surface area contributed by atoms with Crippen LogP contribution in [0, 0.1) is 11.6 Å². The summed E-state index contributed by atoms with van der Waals surface area (Å²) in [5.74, 6) is -1.08. The van der Waals surface area contributed by atoms with Crippen molar-refractivity contribution >= 4 is 10.8 Å². The number of nitrogens with one attached hydrogen (secondary N) is 1. The molecule has 3 unspecified atom stereocenters. The molecule has 3 atom stereocenters. The molecule has 0 spiro atoms. The molecule has 0 saturated carbocycles. The summed E-state index contributed by atoms with van der Waals surface area (Å²) in [7, 11) is -0.866. The molecular weight excluding hydrogens is 256 g/mol. The van der Waals surface area contributed by atoms with Crippen molar-refractivity contribution in [3.8, 4) is 0 Å². The largest absolute Gasteiger partial charge is 0.310 e. The lowest BCUT2D eigenvalue weighted by atomic mass is 10.1. The van der Waals surface area contributed by atoms with Gasteiger partial charge in [0.15, 0.2) is 0 Å². The Bertz CT molecular complexity index is 405. The van der Waals surface area contributed by atoms with Gasteiger partial charge in [-0.3, -0.25) is 4.21 Å². The molecule has 0 aromatic heterocycles. The molecule has 0 saturated heterocycles. The van der Waals surface area contributed by atoms with E-state index in [2.05, 4.69) is 5.32 Å².